The van der Waals surface area contributed by atoms with Crippen LogP contribution >= 0.6 is 0 Å². The van der Waals surface area contributed by atoms with Crippen LogP contribution in [0.4, 0.5) is 0 Å². The fraction of sp³-hybridized carbons (Fsp3) is 0.625. The van der Waals surface area contributed by atoms with Gasteiger partial charge in [0.1, 0.15) is 0 Å². The molecule has 1 atom stereocenters. The Labute approximate surface area is 128 Å². The molecule has 0 aliphatic carbocycles. The summed E-state index contributed by atoms with van der Waals surface area (Å²) in [5.41, 5.74) is 1.29. The molecule has 118 valence electrons. The SMILES string of the molecule is CC(C)(C)NCC(c1ccccc1)N1CCS(=O)(=O)CC1. The summed E-state index contributed by atoms with van der Waals surface area (Å²) in [7, 11) is -2.84. The summed E-state index contributed by atoms with van der Waals surface area (Å²) < 4.78 is 23.3. The fourth-order valence-electron chi connectivity index (χ4n) is 2.57. The van der Waals surface area contributed by atoms with Gasteiger partial charge >= 0.3 is 0 Å². The minimum Gasteiger partial charge on any atom is -0.310 e. The topological polar surface area (TPSA) is 49.4 Å². The smallest absolute Gasteiger partial charge is 0.152 e. The van der Waals surface area contributed by atoms with Gasteiger partial charge in [-0.25, -0.2) is 8.42 Å². The van der Waals surface area contributed by atoms with Crippen molar-refractivity contribution in [2.24, 2.45) is 0 Å². The van der Waals surface area contributed by atoms with E-state index < -0.39 is 9.84 Å². The maximum atomic E-state index is 11.6. The molecule has 21 heavy (non-hydrogen) atoms. The molecule has 4 nitrogen and oxygen atoms in total. The normalized spacial score (nSPS) is 21.1. The summed E-state index contributed by atoms with van der Waals surface area (Å²) in [5, 5.41) is 3.55. The van der Waals surface area contributed by atoms with Gasteiger partial charge in [0.25, 0.3) is 0 Å². The predicted octanol–water partition coefficient (Wildman–Crippen LogP) is 1.85. The second-order valence-electron chi connectivity index (χ2n) is 6.75. The quantitative estimate of drug-likeness (QED) is 0.922. The predicted molar refractivity (Wildman–Crippen MR) is 87.2 cm³/mol. The third kappa shape index (κ3) is 5.09. The molecule has 1 fully saturated rings. The monoisotopic (exact) mass is 310 g/mol. The van der Waals surface area contributed by atoms with Gasteiger partial charge < -0.3 is 5.32 Å². The summed E-state index contributed by atoms with van der Waals surface area (Å²) in [4.78, 5) is 2.29. The number of hydrogen-bond acceptors (Lipinski definition) is 4. The van der Waals surface area contributed by atoms with Crippen LogP contribution < -0.4 is 5.32 Å². The average molecular weight is 310 g/mol. The maximum Gasteiger partial charge on any atom is 0.152 e. The molecular weight excluding hydrogens is 284 g/mol. The van der Waals surface area contributed by atoms with Crippen LogP contribution in [-0.4, -0.2) is 50.0 Å². The highest BCUT2D eigenvalue weighted by Gasteiger charge is 2.28. The van der Waals surface area contributed by atoms with Gasteiger partial charge in [-0.05, 0) is 26.3 Å². The molecule has 1 aliphatic rings. The van der Waals surface area contributed by atoms with Crippen LogP contribution in [0.3, 0.4) is 0 Å². The fourth-order valence-corrected chi connectivity index (χ4v) is 3.80. The summed E-state index contributed by atoms with van der Waals surface area (Å²) in [6, 6.07) is 10.6. The first-order chi connectivity index (χ1) is 9.77. The zero-order valence-electron chi connectivity index (χ0n) is 13.2. The van der Waals surface area contributed by atoms with Crippen LogP contribution in [0.5, 0.6) is 0 Å². The van der Waals surface area contributed by atoms with Gasteiger partial charge in [-0.3, -0.25) is 4.90 Å². The van der Waals surface area contributed by atoms with Crippen molar-refractivity contribution in [2.75, 3.05) is 31.1 Å². The van der Waals surface area contributed by atoms with E-state index in [-0.39, 0.29) is 23.1 Å². The number of rotatable bonds is 4. The molecule has 5 heteroatoms. The lowest BCUT2D eigenvalue weighted by atomic mass is 10.0. The Morgan fingerprint density at radius 3 is 2.24 bits per heavy atom. The average Bonchev–Trinajstić information content (AvgIpc) is 2.40. The third-order valence-corrected chi connectivity index (χ3v) is 5.44. The van der Waals surface area contributed by atoms with E-state index in [2.05, 4.69) is 43.1 Å². The summed E-state index contributed by atoms with van der Waals surface area (Å²) in [6.07, 6.45) is 0. The minimum absolute atomic E-state index is 0.0505. The minimum atomic E-state index is -2.84. The number of hydrogen-bond donors (Lipinski definition) is 1. The lowest BCUT2D eigenvalue weighted by Crippen LogP contribution is -2.48. The molecule has 1 aromatic carbocycles. The summed E-state index contributed by atoms with van der Waals surface area (Å²) >= 11 is 0. The molecule has 0 amide bonds. The molecule has 2 rings (SSSR count). The lowest BCUT2D eigenvalue weighted by molar-refractivity contribution is 0.197. The zero-order valence-corrected chi connectivity index (χ0v) is 14.0. The Bertz CT molecular complexity index is 535. The van der Waals surface area contributed by atoms with Gasteiger partial charge in [0.2, 0.25) is 0 Å². The molecule has 0 aromatic heterocycles. The van der Waals surface area contributed by atoms with E-state index in [0.717, 1.165) is 6.54 Å². The third-order valence-electron chi connectivity index (χ3n) is 3.83. The van der Waals surface area contributed by atoms with E-state index >= 15 is 0 Å². The second-order valence-corrected chi connectivity index (χ2v) is 9.05. The van der Waals surface area contributed by atoms with Gasteiger partial charge in [-0.2, -0.15) is 0 Å². The number of nitrogens with zero attached hydrogens (tertiary/aromatic N) is 1. The van der Waals surface area contributed by atoms with Gasteiger partial charge in [-0.15, -0.1) is 0 Å². The first-order valence-corrected chi connectivity index (χ1v) is 9.33. The molecule has 1 saturated heterocycles. The molecular formula is C16H26N2O2S. The molecule has 1 N–H and O–H groups in total. The van der Waals surface area contributed by atoms with Crippen molar-refractivity contribution in [1.29, 1.82) is 0 Å². The number of nitrogens with one attached hydrogen (secondary N) is 1. The van der Waals surface area contributed by atoms with Crippen molar-refractivity contribution >= 4 is 9.84 Å². The Kier molecular flexibility index (Phi) is 5.07. The van der Waals surface area contributed by atoms with Crippen LogP contribution in [0, 0.1) is 0 Å². The number of sulfone groups is 1. The van der Waals surface area contributed by atoms with E-state index in [1.165, 1.54) is 5.56 Å². The van der Waals surface area contributed by atoms with Crippen LogP contribution in [0.1, 0.15) is 32.4 Å². The van der Waals surface area contributed by atoms with Gasteiger partial charge in [-0.1, -0.05) is 30.3 Å². The summed E-state index contributed by atoms with van der Waals surface area (Å²) in [5.74, 6) is 0.539. The molecule has 1 aliphatic heterocycles. The highest BCUT2D eigenvalue weighted by molar-refractivity contribution is 7.91. The lowest BCUT2D eigenvalue weighted by Gasteiger charge is -2.36. The second kappa shape index (κ2) is 6.46. The summed E-state index contributed by atoms with van der Waals surface area (Å²) in [6.45, 7) is 8.51. The van der Waals surface area contributed by atoms with Gasteiger partial charge in [0, 0.05) is 31.2 Å². The Morgan fingerprint density at radius 1 is 1.14 bits per heavy atom. The largest absolute Gasteiger partial charge is 0.310 e. The van der Waals surface area contributed by atoms with Crippen molar-refractivity contribution in [3.63, 3.8) is 0 Å². The first kappa shape index (κ1) is 16.5. The molecule has 0 spiro atoms. The van der Waals surface area contributed by atoms with Gasteiger partial charge in [0.15, 0.2) is 9.84 Å². The molecule has 1 unspecified atom stereocenters. The Morgan fingerprint density at radius 2 is 1.71 bits per heavy atom. The molecule has 0 bridgehead atoms. The van der Waals surface area contributed by atoms with Crippen molar-refractivity contribution in [1.82, 2.24) is 10.2 Å². The van der Waals surface area contributed by atoms with Crippen LogP contribution in [-0.2, 0) is 9.84 Å². The van der Waals surface area contributed by atoms with Crippen LogP contribution in [0.2, 0.25) is 0 Å². The van der Waals surface area contributed by atoms with E-state index in [1.807, 2.05) is 18.2 Å². The number of benzene rings is 1. The first-order valence-electron chi connectivity index (χ1n) is 7.51. The molecule has 1 aromatic rings. The van der Waals surface area contributed by atoms with E-state index in [1.54, 1.807) is 0 Å². The van der Waals surface area contributed by atoms with Crippen LogP contribution in [0.25, 0.3) is 0 Å². The van der Waals surface area contributed by atoms with E-state index in [4.69, 9.17) is 0 Å². The van der Waals surface area contributed by atoms with Crippen molar-refractivity contribution in [3.05, 3.63) is 35.9 Å². The van der Waals surface area contributed by atoms with Crippen molar-refractivity contribution in [3.8, 4) is 0 Å². The Balaban J connectivity index is 2.13. The highest BCUT2D eigenvalue weighted by Crippen LogP contribution is 2.23. The maximum absolute atomic E-state index is 11.6. The zero-order chi connectivity index (χ0) is 15.5. The van der Waals surface area contributed by atoms with Crippen molar-refractivity contribution < 1.29 is 8.42 Å². The molecule has 0 saturated carbocycles. The standard InChI is InChI=1S/C16H26N2O2S/c1-16(2,3)17-13-15(14-7-5-4-6-8-14)18-9-11-21(19,20)12-10-18/h4-8,15,17H,9-13H2,1-3H3. The van der Waals surface area contributed by atoms with Crippen molar-refractivity contribution in [2.45, 2.75) is 32.4 Å². The van der Waals surface area contributed by atoms with Gasteiger partial charge in [0.05, 0.1) is 11.5 Å². The Hall–Kier alpha value is -0.910. The van der Waals surface area contributed by atoms with E-state index in [9.17, 15) is 8.42 Å². The van der Waals surface area contributed by atoms with Crippen LogP contribution in [0.15, 0.2) is 30.3 Å². The van der Waals surface area contributed by atoms with E-state index in [0.29, 0.717) is 13.1 Å². The highest BCUT2D eigenvalue weighted by atomic mass is 32.2. The molecule has 0 radical (unpaired) electrons. The molecule has 1 heterocycles.